The van der Waals surface area contributed by atoms with Crippen molar-refractivity contribution in [3.8, 4) is 0 Å². The van der Waals surface area contributed by atoms with Crippen LogP contribution in [-0.4, -0.2) is 13.9 Å². The average Bonchev–Trinajstić information content (AvgIpc) is 2.11. The van der Waals surface area contributed by atoms with Crippen molar-refractivity contribution in [1.82, 2.24) is 5.16 Å². The summed E-state index contributed by atoms with van der Waals surface area (Å²) in [6.07, 6.45) is 0. The third kappa shape index (κ3) is 2.54. The molecule has 0 fully saturated rings. The minimum absolute atomic E-state index is 0. The molecule has 56 valence electrons. The molecule has 1 aromatic rings. The maximum atomic E-state index is 10.3. The normalized spacial score (nSPS) is 12.3. The maximum Gasteiger partial charge on any atom is 1.00 e. The molecule has 1 atom stereocenters. The smallest absolute Gasteiger partial charge is 0.768 e. The first-order valence-electron chi connectivity index (χ1n) is 2.34. The molecule has 1 aromatic heterocycles. The monoisotopic (exact) mass is 203 g/mol. The van der Waals surface area contributed by atoms with Gasteiger partial charge >= 0.3 is 29.6 Å². The molecule has 0 N–H and O–H groups in total. The summed E-state index contributed by atoms with van der Waals surface area (Å²) in [6.45, 7) is 1.50. The molecule has 11 heavy (non-hydrogen) atoms. The Morgan fingerprint density at radius 2 is 2.27 bits per heavy atom. The van der Waals surface area contributed by atoms with Gasteiger partial charge in [-0.3, -0.25) is 4.21 Å². The largest absolute Gasteiger partial charge is 1.00 e. The van der Waals surface area contributed by atoms with E-state index in [9.17, 15) is 8.76 Å². The number of hydrogen-bond acceptors (Lipinski definition) is 4. The van der Waals surface area contributed by atoms with E-state index >= 15 is 0 Å². The second kappa shape index (κ2) is 4.59. The molecule has 0 aliphatic rings. The number of aromatic nitrogens is 1. The van der Waals surface area contributed by atoms with E-state index < -0.39 is 11.1 Å². The summed E-state index contributed by atoms with van der Waals surface area (Å²) in [5.74, 6) is 0. The van der Waals surface area contributed by atoms with Gasteiger partial charge in [-0.15, -0.1) is 0 Å². The molecular weight excluding hydrogens is 201 g/mol. The number of halogens is 1. The van der Waals surface area contributed by atoms with Crippen molar-refractivity contribution >= 4 is 22.7 Å². The van der Waals surface area contributed by atoms with Crippen LogP contribution in [0.2, 0.25) is 5.22 Å². The van der Waals surface area contributed by atoms with Gasteiger partial charge in [0.2, 0.25) is 5.22 Å². The summed E-state index contributed by atoms with van der Waals surface area (Å²) in [4.78, 5) is -0.0679. The fourth-order valence-corrected chi connectivity index (χ4v) is 1.33. The van der Waals surface area contributed by atoms with Crippen LogP contribution in [0.3, 0.4) is 0 Å². The molecule has 0 spiro atoms. The molecule has 1 heterocycles. The van der Waals surface area contributed by atoms with Crippen LogP contribution in [0.25, 0.3) is 0 Å². The van der Waals surface area contributed by atoms with Crippen molar-refractivity contribution in [2.45, 2.75) is 11.8 Å². The van der Waals surface area contributed by atoms with Gasteiger partial charge in [-0.05, 0) is 29.6 Å². The molecule has 0 saturated heterocycles. The van der Waals surface area contributed by atoms with E-state index in [0.717, 1.165) is 0 Å². The van der Waals surface area contributed by atoms with Crippen molar-refractivity contribution in [1.29, 1.82) is 0 Å². The third-order valence-corrected chi connectivity index (χ3v) is 2.12. The first-order valence-corrected chi connectivity index (χ1v) is 3.79. The van der Waals surface area contributed by atoms with Crippen molar-refractivity contribution in [2.75, 3.05) is 0 Å². The summed E-state index contributed by atoms with van der Waals surface area (Å²) >= 11 is 2.96. The fourth-order valence-electron chi connectivity index (χ4n) is 0.520. The first kappa shape index (κ1) is 11.6. The molecule has 1 unspecified atom stereocenters. The zero-order chi connectivity index (χ0) is 7.72. The Morgan fingerprint density at radius 1 is 1.73 bits per heavy atom. The summed E-state index contributed by atoms with van der Waals surface area (Å²) < 4.78 is 25.0. The van der Waals surface area contributed by atoms with Crippen LogP contribution in [0.1, 0.15) is 5.69 Å². The molecule has 0 aromatic carbocycles. The van der Waals surface area contributed by atoms with Crippen LogP contribution in [-0.2, 0) is 11.1 Å². The van der Waals surface area contributed by atoms with Crippen LogP contribution in [0.5, 0.6) is 0 Å². The van der Waals surface area contributed by atoms with Crippen LogP contribution < -0.4 is 29.6 Å². The molecule has 0 radical (unpaired) electrons. The Hall–Kier alpha value is 0.610. The van der Waals surface area contributed by atoms with Gasteiger partial charge in [0.15, 0.2) is 0 Å². The molecule has 4 nitrogen and oxygen atoms in total. The number of rotatable bonds is 1. The van der Waals surface area contributed by atoms with Crippen LogP contribution in [0.4, 0.5) is 0 Å². The van der Waals surface area contributed by atoms with Gasteiger partial charge in [-0.25, -0.2) is 0 Å². The standard InChI is InChI=1S/C4H4ClNO3S.Na/c1-2-3(10(7)8)4(5)9-6-2;/h1H3,(H,7,8);/q;+1/p-1. The number of nitrogens with zero attached hydrogens (tertiary/aromatic N) is 1. The number of hydrogen-bond donors (Lipinski definition) is 0. The number of aryl methyl sites for hydroxylation is 1. The summed E-state index contributed by atoms with van der Waals surface area (Å²) in [7, 11) is 0. The molecular formula is C4H3ClNNaO3S. The van der Waals surface area contributed by atoms with Crippen molar-refractivity contribution in [2.24, 2.45) is 0 Å². The van der Waals surface area contributed by atoms with Gasteiger partial charge in [0.1, 0.15) is 4.90 Å². The van der Waals surface area contributed by atoms with Gasteiger partial charge in [0.25, 0.3) is 0 Å². The van der Waals surface area contributed by atoms with E-state index in [1.54, 1.807) is 0 Å². The third-order valence-electron chi connectivity index (χ3n) is 0.937. The zero-order valence-electron chi connectivity index (χ0n) is 5.96. The molecule has 0 bridgehead atoms. The quantitative estimate of drug-likeness (QED) is 0.387. The van der Waals surface area contributed by atoms with Gasteiger partial charge in [0, 0.05) is 0 Å². The van der Waals surface area contributed by atoms with E-state index in [1.165, 1.54) is 6.92 Å². The Bertz CT molecular complexity index is 257. The van der Waals surface area contributed by atoms with Crippen LogP contribution >= 0.6 is 11.6 Å². The molecule has 1 rings (SSSR count). The second-order valence-electron chi connectivity index (χ2n) is 1.61. The van der Waals surface area contributed by atoms with Gasteiger partial charge < -0.3 is 9.08 Å². The summed E-state index contributed by atoms with van der Waals surface area (Å²) in [6, 6.07) is 0. The molecule has 0 aliphatic heterocycles. The zero-order valence-corrected chi connectivity index (χ0v) is 9.53. The Balaban J connectivity index is 0.000001000. The van der Waals surface area contributed by atoms with Gasteiger partial charge in [-0.1, -0.05) is 5.16 Å². The van der Waals surface area contributed by atoms with Gasteiger partial charge in [-0.2, -0.15) is 0 Å². The first-order chi connectivity index (χ1) is 4.63. The molecule has 0 aliphatic carbocycles. The molecule has 7 heteroatoms. The Labute approximate surface area is 92.9 Å². The molecule has 0 saturated carbocycles. The van der Waals surface area contributed by atoms with Gasteiger partial charge in [0.05, 0.1) is 5.69 Å². The van der Waals surface area contributed by atoms with Crippen LogP contribution in [0.15, 0.2) is 9.42 Å². The fraction of sp³-hybridized carbons (Fsp3) is 0.250. The Morgan fingerprint density at radius 3 is 2.45 bits per heavy atom. The van der Waals surface area contributed by atoms with E-state index in [1.807, 2.05) is 0 Å². The van der Waals surface area contributed by atoms with E-state index in [0.29, 0.717) is 0 Å². The van der Waals surface area contributed by atoms with Crippen molar-refractivity contribution in [3.63, 3.8) is 0 Å². The summed E-state index contributed by atoms with van der Waals surface area (Å²) in [5, 5.41) is 3.15. The van der Waals surface area contributed by atoms with E-state index in [2.05, 4.69) is 9.68 Å². The van der Waals surface area contributed by atoms with E-state index in [-0.39, 0.29) is 45.4 Å². The SMILES string of the molecule is Cc1noc(Cl)c1S(=O)[O-].[Na+]. The topological polar surface area (TPSA) is 66.2 Å². The van der Waals surface area contributed by atoms with Crippen molar-refractivity contribution < 1.29 is 42.8 Å². The minimum Gasteiger partial charge on any atom is -0.768 e. The minimum atomic E-state index is -2.36. The van der Waals surface area contributed by atoms with Crippen LogP contribution in [0, 0.1) is 6.92 Å². The predicted octanol–water partition coefficient (Wildman–Crippen LogP) is -2.12. The molecule has 0 amide bonds. The van der Waals surface area contributed by atoms with Crippen molar-refractivity contribution in [3.05, 3.63) is 10.9 Å². The predicted molar refractivity (Wildman–Crippen MR) is 33.4 cm³/mol. The maximum absolute atomic E-state index is 10.3. The van der Waals surface area contributed by atoms with E-state index in [4.69, 9.17) is 11.6 Å². The average molecular weight is 204 g/mol. The summed E-state index contributed by atoms with van der Waals surface area (Å²) in [5.41, 5.74) is 0.276. The Kier molecular flexibility index (Phi) is 4.85. The second-order valence-corrected chi connectivity index (χ2v) is 2.83.